The Morgan fingerprint density at radius 3 is 2.42 bits per heavy atom. The van der Waals surface area contributed by atoms with E-state index in [1.807, 2.05) is 4.90 Å². The molecule has 2 atom stereocenters. The molecule has 2 rings (SSSR count). The molecule has 2 saturated heterocycles. The van der Waals surface area contributed by atoms with Crippen molar-refractivity contribution in [2.75, 3.05) is 26.7 Å². The summed E-state index contributed by atoms with van der Waals surface area (Å²) in [7, 11) is 2.16. The van der Waals surface area contributed by atoms with Gasteiger partial charge in [-0.2, -0.15) is 0 Å². The van der Waals surface area contributed by atoms with E-state index < -0.39 is 11.9 Å². The molecule has 7 heteroatoms. The Hall–Kier alpha value is -2.07. The first-order valence-electron chi connectivity index (χ1n) is 8.29. The number of hydrogen-bond donors (Lipinski definition) is 2. The Labute approximate surface area is 142 Å². The lowest BCUT2D eigenvalue weighted by Crippen LogP contribution is -2.29. The van der Waals surface area contributed by atoms with Crippen LogP contribution in [0.4, 0.5) is 0 Å². The number of amides is 1. The van der Waals surface area contributed by atoms with Crippen LogP contribution in [0.3, 0.4) is 0 Å². The highest BCUT2D eigenvalue weighted by molar-refractivity contribution is 6.27. The zero-order valence-electron chi connectivity index (χ0n) is 14.3. The SMILES string of the molecule is CCC[C@@H]1CCN(C)[C@H]1C#CCN1CCCC1=O.O=C(O)C(=O)O. The summed E-state index contributed by atoms with van der Waals surface area (Å²) in [6.45, 7) is 4.92. The van der Waals surface area contributed by atoms with Gasteiger partial charge >= 0.3 is 11.9 Å². The predicted octanol–water partition coefficient (Wildman–Crippen LogP) is 0.888. The topological polar surface area (TPSA) is 98.2 Å². The van der Waals surface area contributed by atoms with Gasteiger partial charge < -0.3 is 15.1 Å². The smallest absolute Gasteiger partial charge is 0.414 e. The van der Waals surface area contributed by atoms with Crippen LogP contribution in [-0.4, -0.2) is 70.6 Å². The molecular weight excluding hydrogens is 312 g/mol. The lowest BCUT2D eigenvalue weighted by molar-refractivity contribution is -0.159. The molecular formula is C17H26N2O5. The second-order valence-corrected chi connectivity index (χ2v) is 6.11. The van der Waals surface area contributed by atoms with Crippen LogP contribution in [0.1, 0.15) is 39.0 Å². The van der Waals surface area contributed by atoms with Gasteiger partial charge in [-0.05, 0) is 38.8 Å². The molecule has 1 amide bonds. The molecule has 0 unspecified atom stereocenters. The van der Waals surface area contributed by atoms with Crippen molar-refractivity contribution in [2.45, 2.75) is 45.1 Å². The van der Waals surface area contributed by atoms with E-state index >= 15 is 0 Å². The summed E-state index contributed by atoms with van der Waals surface area (Å²) in [5, 5.41) is 14.8. The molecule has 0 aromatic rings. The van der Waals surface area contributed by atoms with Gasteiger partial charge in [-0.25, -0.2) is 9.59 Å². The summed E-state index contributed by atoms with van der Waals surface area (Å²) >= 11 is 0. The molecule has 134 valence electrons. The van der Waals surface area contributed by atoms with E-state index in [0.717, 1.165) is 25.4 Å². The fraction of sp³-hybridized carbons (Fsp3) is 0.706. The second kappa shape index (κ2) is 9.93. The molecule has 2 heterocycles. The monoisotopic (exact) mass is 338 g/mol. The van der Waals surface area contributed by atoms with Crippen LogP contribution in [0.15, 0.2) is 0 Å². The molecule has 0 aliphatic carbocycles. The molecule has 0 aromatic heterocycles. The highest BCUT2D eigenvalue weighted by Crippen LogP contribution is 2.26. The number of nitrogens with zero attached hydrogens (tertiary/aromatic N) is 2. The lowest BCUT2D eigenvalue weighted by atomic mass is 9.95. The van der Waals surface area contributed by atoms with Gasteiger partial charge in [-0.1, -0.05) is 25.2 Å². The van der Waals surface area contributed by atoms with Gasteiger partial charge in [0.1, 0.15) is 0 Å². The summed E-state index contributed by atoms with van der Waals surface area (Å²) in [4.78, 5) is 33.9. The number of carboxylic acid groups (broad SMARTS) is 2. The van der Waals surface area contributed by atoms with Crippen LogP contribution in [0.5, 0.6) is 0 Å². The lowest BCUT2D eigenvalue weighted by Gasteiger charge is -2.19. The van der Waals surface area contributed by atoms with Crippen molar-refractivity contribution >= 4 is 17.8 Å². The van der Waals surface area contributed by atoms with E-state index in [4.69, 9.17) is 19.8 Å². The van der Waals surface area contributed by atoms with Gasteiger partial charge in [0.15, 0.2) is 0 Å². The Morgan fingerprint density at radius 2 is 1.92 bits per heavy atom. The van der Waals surface area contributed by atoms with Crippen molar-refractivity contribution in [3.05, 3.63) is 0 Å². The molecule has 0 spiro atoms. The standard InChI is InChI=1S/C15H24N2O.C2H2O4/c1-3-6-13-9-12-16(2)14(13)7-4-10-17-11-5-8-15(17)18;3-1(4)2(5)6/h13-14H,3,5-6,8-12H2,1-2H3;(H,3,4)(H,5,6)/t13-,14+;/m1./s1. The first-order valence-corrected chi connectivity index (χ1v) is 8.29. The number of rotatable bonds is 3. The first-order chi connectivity index (χ1) is 11.4. The average Bonchev–Trinajstić information content (AvgIpc) is 3.08. The molecule has 24 heavy (non-hydrogen) atoms. The number of likely N-dealkylation sites (tertiary alicyclic amines) is 2. The summed E-state index contributed by atoms with van der Waals surface area (Å²) in [6, 6.07) is 0.405. The van der Waals surface area contributed by atoms with Crippen molar-refractivity contribution in [2.24, 2.45) is 5.92 Å². The van der Waals surface area contributed by atoms with Crippen molar-refractivity contribution in [3.63, 3.8) is 0 Å². The highest BCUT2D eigenvalue weighted by atomic mass is 16.4. The molecule has 2 aliphatic rings. The maximum absolute atomic E-state index is 11.5. The molecule has 2 aliphatic heterocycles. The normalized spacial score (nSPS) is 23.2. The Kier molecular flexibility index (Phi) is 8.27. The van der Waals surface area contributed by atoms with Gasteiger partial charge in [-0.15, -0.1) is 0 Å². The van der Waals surface area contributed by atoms with Crippen LogP contribution < -0.4 is 0 Å². The number of hydrogen-bond acceptors (Lipinski definition) is 4. The zero-order chi connectivity index (χ0) is 18.1. The quantitative estimate of drug-likeness (QED) is 0.586. The fourth-order valence-corrected chi connectivity index (χ4v) is 3.04. The molecule has 0 radical (unpaired) electrons. The molecule has 0 saturated carbocycles. The van der Waals surface area contributed by atoms with E-state index in [0.29, 0.717) is 19.0 Å². The second-order valence-electron chi connectivity index (χ2n) is 6.11. The molecule has 0 aromatic carbocycles. The third-order valence-electron chi connectivity index (χ3n) is 4.31. The third-order valence-corrected chi connectivity index (χ3v) is 4.31. The van der Waals surface area contributed by atoms with Crippen LogP contribution in [0.2, 0.25) is 0 Å². The summed E-state index contributed by atoms with van der Waals surface area (Å²) in [5.74, 6) is 3.98. The maximum atomic E-state index is 11.5. The van der Waals surface area contributed by atoms with Gasteiger partial charge in [0, 0.05) is 13.0 Å². The maximum Gasteiger partial charge on any atom is 0.414 e. The van der Waals surface area contributed by atoms with E-state index in [-0.39, 0.29) is 5.91 Å². The number of carboxylic acids is 2. The van der Waals surface area contributed by atoms with E-state index in [2.05, 4.69) is 30.7 Å². The van der Waals surface area contributed by atoms with Crippen molar-refractivity contribution in [3.8, 4) is 11.8 Å². The van der Waals surface area contributed by atoms with Crippen molar-refractivity contribution < 1.29 is 24.6 Å². The number of carbonyl (C=O) groups excluding carboxylic acids is 1. The fourth-order valence-electron chi connectivity index (χ4n) is 3.04. The summed E-state index contributed by atoms with van der Waals surface area (Å²) < 4.78 is 0. The predicted molar refractivity (Wildman–Crippen MR) is 88.3 cm³/mol. The first kappa shape index (κ1) is 20.0. The van der Waals surface area contributed by atoms with E-state index in [1.165, 1.54) is 19.3 Å². The molecule has 7 nitrogen and oxygen atoms in total. The Balaban J connectivity index is 0.000000413. The Bertz CT molecular complexity index is 509. The van der Waals surface area contributed by atoms with Crippen LogP contribution in [-0.2, 0) is 14.4 Å². The minimum Gasteiger partial charge on any atom is -0.473 e. The van der Waals surface area contributed by atoms with Crippen LogP contribution >= 0.6 is 0 Å². The van der Waals surface area contributed by atoms with Crippen LogP contribution in [0.25, 0.3) is 0 Å². The minimum absolute atomic E-state index is 0.272. The average molecular weight is 338 g/mol. The largest absolute Gasteiger partial charge is 0.473 e. The zero-order valence-corrected chi connectivity index (χ0v) is 14.3. The summed E-state index contributed by atoms with van der Waals surface area (Å²) in [6.07, 6.45) is 5.49. The Morgan fingerprint density at radius 1 is 1.25 bits per heavy atom. The van der Waals surface area contributed by atoms with E-state index in [9.17, 15) is 4.79 Å². The highest BCUT2D eigenvalue weighted by Gasteiger charge is 2.29. The van der Waals surface area contributed by atoms with Gasteiger partial charge in [0.2, 0.25) is 5.91 Å². The van der Waals surface area contributed by atoms with Gasteiger partial charge in [0.25, 0.3) is 0 Å². The molecule has 0 bridgehead atoms. The van der Waals surface area contributed by atoms with Crippen molar-refractivity contribution in [1.29, 1.82) is 0 Å². The number of aliphatic carboxylic acids is 2. The molecule has 2 N–H and O–H groups in total. The number of carbonyl (C=O) groups is 3. The molecule has 2 fully saturated rings. The summed E-state index contributed by atoms with van der Waals surface area (Å²) in [5.41, 5.74) is 0. The van der Waals surface area contributed by atoms with Gasteiger partial charge in [0.05, 0.1) is 12.6 Å². The van der Waals surface area contributed by atoms with Gasteiger partial charge in [-0.3, -0.25) is 9.69 Å². The van der Waals surface area contributed by atoms with E-state index in [1.54, 1.807) is 0 Å². The third kappa shape index (κ3) is 6.20. The minimum atomic E-state index is -1.82. The van der Waals surface area contributed by atoms with Crippen LogP contribution in [0, 0.1) is 17.8 Å². The van der Waals surface area contributed by atoms with Crippen molar-refractivity contribution in [1.82, 2.24) is 9.80 Å².